The first-order chi connectivity index (χ1) is 7.29. The van der Waals surface area contributed by atoms with Crippen molar-refractivity contribution >= 4 is 38.9 Å². The Morgan fingerprint density at radius 2 is 1.94 bits per heavy atom. The first-order valence-electron chi connectivity index (χ1n) is 3.86. The van der Waals surface area contributed by atoms with Crippen LogP contribution in [0.2, 0.25) is 10.0 Å². The fourth-order valence-corrected chi connectivity index (χ4v) is 2.77. The van der Waals surface area contributed by atoms with Gasteiger partial charge >= 0.3 is 0 Å². The number of nitro groups is 1. The predicted octanol–water partition coefficient (Wildman–Crippen LogP) is 1.81. The molecule has 0 spiro atoms. The zero-order chi connectivity index (χ0) is 12.5. The van der Waals surface area contributed by atoms with Crippen molar-refractivity contribution in [1.82, 2.24) is 4.72 Å². The Bertz CT molecular complexity index is 544. The Morgan fingerprint density at radius 3 is 2.38 bits per heavy atom. The van der Waals surface area contributed by atoms with E-state index in [9.17, 15) is 18.5 Å². The van der Waals surface area contributed by atoms with Gasteiger partial charge in [-0.2, -0.15) is 0 Å². The third-order valence-electron chi connectivity index (χ3n) is 1.72. The number of hydrogen-bond donors (Lipinski definition) is 1. The third kappa shape index (κ3) is 2.43. The van der Waals surface area contributed by atoms with E-state index in [0.29, 0.717) is 0 Å². The maximum absolute atomic E-state index is 11.5. The number of nitrogens with one attached hydrogen (secondary N) is 1. The van der Waals surface area contributed by atoms with Gasteiger partial charge < -0.3 is 0 Å². The molecular weight excluding hydrogens is 279 g/mol. The Kier molecular flexibility index (Phi) is 3.74. The molecule has 0 unspecified atom stereocenters. The number of nitrogens with zero attached hydrogens (tertiary/aromatic N) is 1. The minimum absolute atomic E-state index is 0.00764. The molecule has 0 amide bonds. The van der Waals surface area contributed by atoms with E-state index in [1.54, 1.807) is 0 Å². The topological polar surface area (TPSA) is 89.3 Å². The van der Waals surface area contributed by atoms with Crippen molar-refractivity contribution in [2.45, 2.75) is 4.90 Å². The van der Waals surface area contributed by atoms with Gasteiger partial charge in [-0.1, -0.05) is 23.2 Å². The molecule has 88 valence electrons. The van der Waals surface area contributed by atoms with Crippen molar-refractivity contribution in [3.63, 3.8) is 0 Å². The molecule has 0 saturated heterocycles. The second-order valence-electron chi connectivity index (χ2n) is 2.70. The van der Waals surface area contributed by atoms with Crippen LogP contribution in [0.3, 0.4) is 0 Å². The molecule has 0 radical (unpaired) electrons. The smallest absolute Gasteiger partial charge is 0.258 e. The van der Waals surface area contributed by atoms with Gasteiger partial charge in [-0.05, 0) is 13.1 Å². The lowest BCUT2D eigenvalue weighted by Gasteiger charge is -2.06. The molecule has 1 aromatic rings. The molecule has 6 nitrogen and oxygen atoms in total. The standard InChI is InChI=1S/C7H6Cl2N2O4S/c1-10-16(14,15)7-5(9)2-4(8)3-6(7)11(12)13/h2-3,10H,1H3. The monoisotopic (exact) mass is 284 g/mol. The molecule has 0 bridgehead atoms. The molecule has 0 aliphatic carbocycles. The molecule has 0 heterocycles. The third-order valence-corrected chi connectivity index (χ3v) is 3.86. The predicted molar refractivity (Wildman–Crippen MR) is 59.4 cm³/mol. The lowest BCUT2D eigenvalue weighted by atomic mass is 10.3. The van der Waals surface area contributed by atoms with Crippen LogP contribution < -0.4 is 4.72 Å². The summed E-state index contributed by atoms with van der Waals surface area (Å²) < 4.78 is 25.0. The zero-order valence-corrected chi connectivity index (χ0v) is 10.2. The Labute approximate surface area is 101 Å². The van der Waals surface area contributed by atoms with Crippen molar-refractivity contribution in [3.05, 3.63) is 32.3 Å². The number of nitro benzene ring substituents is 1. The highest BCUT2D eigenvalue weighted by Gasteiger charge is 2.28. The Balaban J connectivity index is 3.67. The van der Waals surface area contributed by atoms with E-state index in [1.165, 1.54) is 0 Å². The summed E-state index contributed by atoms with van der Waals surface area (Å²) in [5, 5.41) is 10.4. The van der Waals surface area contributed by atoms with E-state index < -0.39 is 25.5 Å². The van der Waals surface area contributed by atoms with Crippen LogP contribution >= 0.6 is 23.2 Å². The highest BCUT2D eigenvalue weighted by Crippen LogP contribution is 2.33. The van der Waals surface area contributed by atoms with Gasteiger partial charge in [-0.3, -0.25) is 10.1 Å². The van der Waals surface area contributed by atoms with Gasteiger partial charge in [0.1, 0.15) is 0 Å². The molecule has 0 aromatic heterocycles. The zero-order valence-electron chi connectivity index (χ0n) is 7.90. The van der Waals surface area contributed by atoms with E-state index in [2.05, 4.69) is 0 Å². The normalized spacial score (nSPS) is 11.4. The van der Waals surface area contributed by atoms with Crippen LogP contribution in [-0.2, 0) is 10.0 Å². The van der Waals surface area contributed by atoms with Crippen molar-refractivity contribution < 1.29 is 13.3 Å². The lowest BCUT2D eigenvalue weighted by Crippen LogP contribution is -2.20. The van der Waals surface area contributed by atoms with Crippen molar-refractivity contribution in [2.24, 2.45) is 0 Å². The number of rotatable bonds is 3. The molecule has 0 atom stereocenters. The lowest BCUT2D eigenvalue weighted by molar-refractivity contribution is -0.387. The van der Waals surface area contributed by atoms with Crippen LogP contribution in [0.5, 0.6) is 0 Å². The van der Waals surface area contributed by atoms with Crippen LogP contribution in [-0.4, -0.2) is 20.4 Å². The Morgan fingerprint density at radius 1 is 1.38 bits per heavy atom. The average molecular weight is 285 g/mol. The average Bonchev–Trinajstić information content (AvgIpc) is 2.15. The van der Waals surface area contributed by atoms with Gasteiger partial charge in [-0.15, -0.1) is 0 Å². The minimum Gasteiger partial charge on any atom is -0.258 e. The van der Waals surface area contributed by atoms with Crippen LogP contribution in [0.25, 0.3) is 0 Å². The number of sulfonamides is 1. The summed E-state index contributed by atoms with van der Waals surface area (Å²) in [7, 11) is -2.87. The van der Waals surface area contributed by atoms with E-state index in [1.807, 2.05) is 4.72 Å². The number of halogens is 2. The fourth-order valence-electron chi connectivity index (χ4n) is 1.05. The van der Waals surface area contributed by atoms with Gasteiger partial charge in [0.15, 0.2) is 4.90 Å². The van der Waals surface area contributed by atoms with Gasteiger partial charge in [-0.25, -0.2) is 13.1 Å². The molecule has 16 heavy (non-hydrogen) atoms. The van der Waals surface area contributed by atoms with Crippen molar-refractivity contribution in [1.29, 1.82) is 0 Å². The fraction of sp³-hybridized carbons (Fsp3) is 0.143. The molecule has 0 aliphatic heterocycles. The maximum atomic E-state index is 11.5. The first-order valence-corrected chi connectivity index (χ1v) is 6.10. The summed E-state index contributed by atoms with van der Waals surface area (Å²) in [6.07, 6.45) is 0. The summed E-state index contributed by atoms with van der Waals surface area (Å²) in [4.78, 5) is 9.23. The van der Waals surface area contributed by atoms with Crippen LogP contribution in [0.1, 0.15) is 0 Å². The number of hydrogen-bond acceptors (Lipinski definition) is 4. The Hall–Kier alpha value is -0.890. The highest BCUT2D eigenvalue weighted by molar-refractivity contribution is 7.89. The highest BCUT2D eigenvalue weighted by atomic mass is 35.5. The second kappa shape index (κ2) is 4.54. The molecule has 1 rings (SSSR count). The van der Waals surface area contributed by atoms with Gasteiger partial charge in [0.25, 0.3) is 5.69 Å². The first kappa shape index (κ1) is 13.2. The molecule has 1 aromatic carbocycles. The molecule has 1 N–H and O–H groups in total. The van der Waals surface area contributed by atoms with Gasteiger partial charge in [0.05, 0.1) is 9.95 Å². The number of benzene rings is 1. The largest absolute Gasteiger partial charge is 0.292 e. The van der Waals surface area contributed by atoms with E-state index in [0.717, 1.165) is 19.2 Å². The minimum atomic E-state index is -4.00. The summed E-state index contributed by atoms with van der Waals surface area (Å²) in [6.45, 7) is 0. The molecule has 0 saturated carbocycles. The van der Waals surface area contributed by atoms with E-state index in [-0.39, 0.29) is 10.0 Å². The van der Waals surface area contributed by atoms with Crippen LogP contribution in [0, 0.1) is 10.1 Å². The second-order valence-corrected chi connectivity index (χ2v) is 5.37. The van der Waals surface area contributed by atoms with E-state index >= 15 is 0 Å². The summed E-state index contributed by atoms with van der Waals surface area (Å²) in [5.41, 5.74) is -0.660. The molecule has 0 fully saturated rings. The summed E-state index contributed by atoms with van der Waals surface area (Å²) in [5.74, 6) is 0. The summed E-state index contributed by atoms with van der Waals surface area (Å²) in [6, 6.07) is 2.05. The van der Waals surface area contributed by atoms with Gasteiger partial charge in [0, 0.05) is 11.1 Å². The molecule has 0 aliphatic rings. The maximum Gasteiger partial charge on any atom is 0.292 e. The van der Waals surface area contributed by atoms with Crippen molar-refractivity contribution in [2.75, 3.05) is 7.05 Å². The molecule has 9 heteroatoms. The SMILES string of the molecule is CNS(=O)(=O)c1c(Cl)cc(Cl)cc1[N+](=O)[O-]. The van der Waals surface area contributed by atoms with E-state index in [4.69, 9.17) is 23.2 Å². The van der Waals surface area contributed by atoms with Gasteiger partial charge in [0.2, 0.25) is 10.0 Å². The van der Waals surface area contributed by atoms with Crippen LogP contribution in [0.4, 0.5) is 5.69 Å². The molecular formula is C7H6Cl2N2O4S. The summed E-state index contributed by atoms with van der Waals surface area (Å²) >= 11 is 11.2. The van der Waals surface area contributed by atoms with Crippen LogP contribution in [0.15, 0.2) is 17.0 Å². The quantitative estimate of drug-likeness (QED) is 0.677. The van der Waals surface area contributed by atoms with Crippen molar-refractivity contribution in [3.8, 4) is 0 Å².